The van der Waals surface area contributed by atoms with E-state index in [0.717, 1.165) is 14.9 Å². The number of hydrogen-bond acceptors (Lipinski definition) is 5. The molecule has 1 aromatic rings. The molecule has 106 valence electrons. The van der Waals surface area contributed by atoms with Crippen LogP contribution in [0.3, 0.4) is 0 Å². The normalized spacial score (nSPS) is 20.8. The highest BCUT2D eigenvalue weighted by atomic mass is 32.2. The second kappa shape index (κ2) is 5.56. The maximum atomic E-state index is 12.2. The van der Waals surface area contributed by atoms with Crippen LogP contribution in [0.1, 0.15) is 23.4 Å². The van der Waals surface area contributed by atoms with E-state index in [1.807, 2.05) is 6.92 Å². The fourth-order valence-electron chi connectivity index (χ4n) is 2.22. The molecule has 0 radical (unpaired) electrons. The van der Waals surface area contributed by atoms with E-state index in [9.17, 15) is 13.2 Å². The third-order valence-electron chi connectivity index (χ3n) is 3.28. The third kappa shape index (κ3) is 3.13. The van der Waals surface area contributed by atoms with Gasteiger partial charge in [-0.2, -0.15) is 4.31 Å². The van der Waals surface area contributed by atoms with Gasteiger partial charge in [-0.05, 0) is 26.2 Å². The van der Waals surface area contributed by atoms with E-state index >= 15 is 0 Å². The van der Waals surface area contributed by atoms with E-state index in [0.29, 0.717) is 25.8 Å². The summed E-state index contributed by atoms with van der Waals surface area (Å²) in [6, 6.07) is -0.896. The van der Waals surface area contributed by atoms with Gasteiger partial charge < -0.3 is 5.11 Å². The van der Waals surface area contributed by atoms with Gasteiger partial charge in [-0.15, -0.1) is 11.3 Å². The van der Waals surface area contributed by atoms with Crippen LogP contribution in [0, 0.1) is 6.92 Å². The molecule has 2 heterocycles. The van der Waals surface area contributed by atoms with Crippen LogP contribution in [0.5, 0.6) is 0 Å². The summed E-state index contributed by atoms with van der Waals surface area (Å²) in [4.78, 5) is 16.0. The first-order valence-electron chi connectivity index (χ1n) is 6.03. The Morgan fingerprint density at radius 3 is 2.95 bits per heavy atom. The van der Waals surface area contributed by atoms with Crippen molar-refractivity contribution in [2.24, 2.45) is 0 Å². The molecule has 0 aliphatic carbocycles. The van der Waals surface area contributed by atoms with E-state index in [1.54, 1.807) is 5.51 Å². The Morgan fingerprint density at radius 2 is 2.37 bits per heavy atom. The van der Waals surface area contributed by atoms with E-state index in [1.165, 1.54) is 11.3 Å². The topological polar surface area (TPSA) is 87.6 Å². The number of aryl methyl sites for hydroxylation is 2. The van der Waals surface area contributed by atoms with Crippen LogP contribution in [-0.2, 0) is 21.2 Å². The minimum absolute atomic E-state index is 0.0557. The largest absolute Gasteiger partial charge is 0.480 e. The maximum absolute atomic E-state index is 12.2. The number of thiazole rings is 1. The lowest BCUT2D eigenvalue weighted by Gasteiger charge is -2.20. The number of carboxylic acid groups (broad SMARTS) is 1. The summed E-state index contributed by atoms with van der Waals surface area (Å²) < 4.78 is 25.5. The lowest BCUT2D eigenvalue weighted by atomic mass is 10.2. The highest BCUT2D eigenvalue weighted by Crippen LogP contribution is 2.23. The number of aromatic nitrogens is 1. The van der Waals surface area contributed by atoms with Gasteiger partial charge in [-0.3, -0.25) is 4.79 Å². The standard InChI is InChI=1S/C11H16N2O4S2/c1-8-10(18-7-12-8)4-6-19(16,17)13-5-2-3-9(13)11(14)15/h7,9H,2-6H2,1H3,(H,14,15)/t9-/m1/s1. The van der Waals surface area contributed by atoms with Gasteiger partial charge in [0.05, 0.1) is 17.0 Å². The van der Waals surface area contributed by atoms with Gasteiger partial charge in [0.15, 0.2) is 0 Å². The Hall–Kier alpha value is -0.990. The van der Waals surface area contributed by atoms with Crippen LogP contribution < -0.4 is 0 Å². The monoisotopic (exact) mass is 304 g/mol. The van der Waals surface area contributed by atoms with Crippen LogP contribution in [0.2, 0.25) is 0 Å². The SMILES string of the molecule is Cc1ncsc1CCS(=O)(=O)N1CCC[C@@H]1C(=O)O. The van der Waals surface area contributed by atoms with Crippen molar-refractivity contribution >= 4 is 27.3 Å². The number of sulfonamides is 1. The van der Waals surface area contributed by atoms with Gasteiger partial charge >= 0.3 is 5.97 Å². The van der Waals surface area contributed by atoms with Crippen molar-refractivity contribution in [3.63, 3.8) is 0 Å². The Bertz CT molecular complexity index is 567. The highest BCUT2D eigenvalue weighted by Gasteiger charge is 2.38. The molecule has 1 aliphatic rings. The molecule has 1 aromatic heterocycles. The predicted molar refractivity (Wildman–Crippen MR) is 71.7 cm³/mol. The van der Waals surface area contributed by atoms with Gasteiger partial charge in [0, 0.05) is 11.4 Å². The van der Waals surface area contributed by atoms with Crippen molar-refractivity contribution in [3.05, 3.63) is 16.1 Å². The van der Waals surface area contributed by atoms with Crippen molar-refractivity contribution in [2.75, 3.05) is 12.3 Å². The predicted octanol–water partition coefficient (Wildman–Crippen LogP) is 0.873. The summed E-state index contributed by atoms with van der Waals surface area (Å²) in [5, 5.41) is 9.03. The molecule has 2 rings (SSSR count). The summed E-state index contributed by atoms with van der Waals surface area (Å²) in [7, 11) is -3.52. The molecular weight excluding hydrogens is 288 g/mol. The number of rotatable bonds is 5. The number of carboxylic acids is 1. The summed E-state index contributed by atoms with van der Waals surface area (Å²) in [6.07, 6.45) is 1.39. The molecule has 0 spiro atoms. The zero-order chi connectivity index (χ0) is 14.0. The summed E-state index contributed by atoms with van der Waals surface area (Å²) in [6.45, 7) is 2.15. The fourth-order valence-corrected chi connectivity index (χ4v) is 4.82. The molecule has 0 unspecified atom stereocenters. The zero-order valence-electron chi connectivity index (χ0n) is 10.6. The molecule has 1 aliphatic heterocycles. The Morgan fingerprint density at radius 1 is 1.63 bits per heavy atom. The molecule has 8 heteroatoms. The van der Waals surface area contributed by atoms with Crippen molar-refractivity contribution in [1.29, 1.82) is 0 Å². The minimum Gasteiger partial charge on any atom is -0.480 e. The maximum Gasteiger partial charge on any atom is 0.322 e. The van der Waals surface area contributed by atoms with Crippen LogP contribution in [0.15, 0.2) is 5.51 Å². The molecular formula is C11H16N2O4S2. The van der Waals surface area contributed by atoms with Crippen LogP contribution >= 0.6 is 11.3 Å². The van der Waals surface area contributed by atoms with Crippen LogP contribution in [0.25, 0.3) is 0 Å². The summed E-state index contributed by atoms with van der Waals surface area (Å²) in [5.74, 6) is -1.12. The molecule has 0 aromatic carbocycles. The summed E-state index contributed by atoms with van der Waals surface area (Å²) in [5.41, 5.74) is 2.53. The van der Waals surface area contributed by atoms with E-state index in [2.05, 4.69) is 4.98 Å². The Kier molecular flexibility index (Phi) is 4.22. The highest BCUT2D eigenvalue weighted by molar-refractivity contribution is 7.89. The second-order valence-electron chi connectivity index (χ2n) is 4.53. The van der Waals surface area contributed by atoms with Crippen molar-refractivity contribution in [2.45, 2.75) is 32.2 Å². The zero-order valence-corrected chi connectivity index (χ0v) is 12.2. The molecule has 1 N–H and O–H groups in total. The molecule has 1 fully saturated rings. The molecule has 0 bridgehead atoms. The molecule has 19 heavy (non-hydrogen) atoms. The first kappa shape index (κ1) is 14.4. The average molecular weight is 304 g/mol. The number of nitrogens with zero attached hydrogens (tertiary/aromatic N) is 2. The van der Waals surface area contributed by atoms with Gasteiger partial charge in [0.25, 0.3) is 0 Å². The Labute approximate surface area is 116 Å². The van der Waals surface area contributed by atoms with Gasteiger partial charge in [0.1, 0.15) is 6.04 Å². The van der Waals surface area contributed by atoms with Crippen LogP contribution in [0.4, 0.5) is 0 Å². The minimum atomic E-state index is -3.52. The van der Waals surface area contributed by atoms with Crippen molar-refractivity contribution < 1.29 is 18.3 Å². The number of carbonyl (C=O) groups is 1. The quantitative estimate of drug-likeness (QED) is 0.872. The first-order chi connectivity index (χ1) is 8.92. The van der Waals surface area contributed by atoms with Crippen molar-refractivity contribution in [3.8, 4) is 0 Å². The van der Waals surface area contributed by atoms with E-state index in [-0.39, 0.29) is 5.75 Å². The first-order valence-corrected chi connectivity index (χ1v) is 8.52. The fraction of sp³-hybridized carbons (Fsp3) is 0.636. The molecule has 1 saturated heterocycles. The molecule has 0 saturated carbocycles. The lowest BCUT2D eigenvalue weighted by molar-refractivity contribution is -0.140. The van der Waals surface area contributed by atoms with Crippen molar-refractivity contribution in [1.82, 2.24) is 9.29 Å². The lowest BCUT2D eigenvalue weighted by Crippen LogP contribution is -2.41. The smallest absolute Gasteiger partial charge is 0.322 e. The van der Waals surface area contributed by atoms with Gasteiger partial charge in [-0.1, -0.05) is 0 Å². The molecule has 0 amide bonds. The molecule has 6 nitrogen and oxygen atoms in total. The third-order valence-corrected chi connectivity index (χ3v) is 6.14. The average Bonchev–Trinajstić information content (AvgIpc) is 2.95. The van der Waals surface area contributed by atoms with Crippen LogP contribution in [-0.4, -0.2) is 47.1 Å². The van der Waals surface area contributed by atoms with Gasteiger partial charge in [0.2, 0.25) is 10.0 Å². The number of hydrogen-bond donors (Lipinski definition) is 1. The summed E-state index contributed by atoms with van der Waals surface area (Å²) >= 11 is 1.43. The second-order valence-corrected chi connectivity index (χ2v) is 7.51. The van der Waals surface area contributed by atoms with Gasteiger partial charge in [-0.25, -0.2) is 13.4 Å². The van der Waals surface area contributed by atoms with E-state index < -0.39 is 22.0 Å². The molecule has 1 atom stereocenters. The Balaban J connectivity index is 2.06. The number of aliphatic carboxylic acids is 1. The van der Waals surface area contributed by atoms with E-state index in [4.69, 9.17) is 5.11 Å².